The van der Waals surface area contributed by atoms with E-state index in [1.165, 1.54) is 5.56 Å². The maximum Gasteiger partial charge on any atom is 0.211 e. The Kier molecular flexibility index (Phi) is 5.09. The minimum absolute atomic E-state index is 0.811. The van der Waals surface area contributed by atoms with Crippen LogP contribution >= 0.6 is 22.7 Å². The number of aryl methyl sites for hydroxylation is 2. The van der Waals surface area contributed by atoms with Crippen molar-refractivity contribution in [3.05, 3.63) is 87.1 Å². The Labute approximate surface area is 165 Å². The zero-order valence-electron chi connectivity index (χ0n) is 15.0. The standard InChI is InChI=1S/C21H18N4S2/c1-15-8-9-16(2)18(12-15)24-21-25(23-13-17-6-3-4-10-22-17)19(14-27-21)20-7-5-11-26-20/h3-14H,1-2H3. The van der Waals surface area contributed by atoms with Gasteiger partial charge in [0.15, 0.2) is 0 Å². The number of thiophene rings is 1. The molecule has 0 radical (unpaired) electrons. The highest BCUT2D eigenvalue weighted by Crippen LogP contribution is 2.26. The van der Waals surface area contributed by atoms with E-state index in [2.05, 4.69) is 53.9 Å². The van der Waals surface area contributed by atoms with Gasteiger partial charge in [-0.05, 0) is 54.6 Å². The number of rotatable bonds is 4. The van der Waals surface area contributed by atoms with Crippen LogP contribution in [0, 0.1) is 13.8 Å². The Morgan fingerprint density at radius 2 is 1.96 bits per heavy atom. The fourth-order valence-corrected chi connectivity index (χ4v) is 4.24. The van der Waals surface area contributed by atoms with Crippen molar-refractivity contribution < 1.29 is 0 Å². The fourth-order valence-electron chi connectivity index (χ4n) is 2.60. The summed E-state index contributed by atoms with van der Waals surface area (Å²) in [7, 11) is 0. The van der Waals surface area contributed by atoms with E-state index in [1.807, 2.05) is 28.9 Å². The molecule has 0 bridgehead atoms. The average Bonchev–Trinajstić information content (AvgIpc) is 3.34. The van der Waals surface area contributed by atoms with E-state index in [9.17, 15) is 0 Å². The first kappa shape index (κ1) is 17.6. The van der Waals surface area contributed by atoms with Gasteiger partial charge in [-0.3, -0.25) is 4.98 Å². The van der Waals surface area contributed by atoms with Crippen LogP contribution in [0.15, 0.2) is 75.6 Å². The van der Waals surface area contributed by atoms with E-state index in [0.717, 1.165) is 32.3 Å². The summed E-state index contributed by atoms with van der Waals surface area (Å²) in [5, 5.41) is 8.87. The van der Waals surface area contributed by atoms with Gasteiger partial charge in [-0.25, -0.2) is 9.67 Å². The number of nitrogens with zero attached hydrogens (tertiary/aromatic N) is 4. The van der Waals surface area contributed by atoms with Crippen molar-refractivity contribution in [2.75, 3.05) is 0 Å². The Morgan fingerprint density at radius 3 is 2.74 bits per heavy atom. The number of thiazole rings is 1. The maximum atomic E-state index is 4.90. The molecule has 3 heterocycles. The van der Waals surface area contributed by atoms with Crippen molar-refractivity contribution in [2.24, 2.45) is 10.1 Å². The third kappa shape index (κ3) is 3.97. The molecule has 0 N–H and O–H groups in total. The summed E-state index contributed by atoms with van der Waals surface area (Å²) < 4.78 is 1.90. The molecule has 6 heteroatoms. The third-order valence-electron chi connectivity index (χ3n) is 4.03. The van der Waals surface area contributed by atoms with Crippen LogP contribution in [0.2, 0.25) is 0 Å². The van der Waals surface area contributed by atoms with Crippen molar-refractivity contribution >= 4 is 34.6 Å². The molecule has 0 atom stereocenters. The SMILES string of the molecule is Cc1ccc(C)c(N=c2scc(-c3cccs3)n2N=Cc2ccccn2)c1. The lowest BCUT2D eigenvalue weighted by Crippen LogP contribution is -2.11. The van der Waals surface area contributed by atoms with Gasteiger partial charge in [0.05, 0.1) is 28.2 Å². The van der Waals surface area contributed by atoms with Crippen LogP contribution in [-0.4, -0.2) is 15.9 Å². The highest BCUT2D eigenvalue weighted by Gasteiger charge is 2.09. The number of aromatic nitrogens is 2. The van der Waals surface area contributed by atoms with Gasteiger partial charge >= 0.3 is 0 Å². The molecule has 0 saturated carbocycles. The average molecular weight is 391 g/mol. The molecule has 0 aliphatic heterocycles. The quantitative estimate of drug-likeness (QED) is 0.430. The van der Waals surface area contributed by atoms with Crippen molar-refractivity contribution in [1.82, 2.24) is 9.66 Å². The van der Waals surface area contributed by atoms with Gasteiger partial charge in [0, 0.05) is 11.6 Å². The Bertz CT molecular complexity index is 1140. The van der Waals surface area contributed by atoms with Crippen molar-refractivity contribution in [3.8, 4) is 10.6 Å². The molecule has 0 amide bonds. The molecule has 4 nitrogen and oxygen atoms in total. The Balaban J connectivity index is 1.86. The van der Waals surface area contributed by atoms with Crippen LogP contribution in [0.4, 0.5) is 5.69 Å². The van der Waals surface area contributed by atoms with Gasteiger partial charge < -0.3 is 0 Å². The normalized spacial score (nSPS) is 12.1. The molecule has 0 unspecified atom stereocenters. The van der Waals surface area contributed by atoms with Crippen LogP contribution in [0.25, 0.3) is 10.6 Å². The first-order valence-corrected chi connectivity index (χ1v) is 10.3. The summed E-state index contributed by atoms with van der Waals surface area (Å²) in [5.74, 6) is 0. The molecule has 134 valence electrons. The largest absolute Gasteiger partial charge is 0.255 e. The van der Waals surface area contributed by atoms with E-state index < -0.39 is 0 Å². The number of hydrogen-bond donors (Lipinski definition) is 0. The van der Waals surface area contributed by atoms with E-state index in [-0.39, 0.29) is 0 Å². The summed E-state index contributed by atoms with van der Waals surface area (Å²) >= 11 is 3.28. The maximum absolute atomic E-state index is 4.90. The minimum atomic E-state index is 0.811. The minimum Gasteiger partial charge on any atom is -0.255 e. The number of hydrogen-bond acceptors (Lipinski definition) is 5. The summed E-state index contributed by atoms with van der Waals surface area (Å²) in [5.41, 5.74) is 5.15. The predicted molar refractivity (Wildman–Crippen MR) is 114 cm³/mol. The monoisotopic (exact) mass is 390 g/mol. The van der Waals surface area contributed by atoms with E-state index in [1.54, 1.807) is 35.1 Å². The van der Waals surface area contributed by atoms with Crippen LogP contribution in [0.5, 0.6) is 0 Å². The molecular weight excluding hydrogens is 372 g/mol. The van der Waals surface area contributed by atoms with Gasteiger partial charge in [0.2, 0.25) is 4.80 Å². The van der Waals surface area contributed by atoms with E-state index in [0.29, 0.717) is 0 Å². The summed E-state index contributed by atoms with van der Waals surface area (Å²) in [4.78, 5) is 11.2. The first-order valence-electron chi connectivity index (χ1n) is 8.52. The second-order valence-corrected chi connectivity index (χ2v) is 7.88. The Hall–Kier alpha value is -2.83. The number of pyridine rings is 1. The molecule has 0 saturated heterocycles. The molecule has 0 aliphatic rings. The lowest BCUT2D eigenvalue weighted by molar-refractivity contribution is 0.855. The van der Waals surface area contributed by atoms with Gasteiger partial charge in [0.1, 0.15) is 0 Å². The molecule has 27 heavy (non-hydrogen) atoms. The highest BCUT2D eigenvalue weighted by atomic mass is 32.1. The summed E-state index contributed by atoms with van der Waals surface area (Å²) in [6.07, 6.45) is 3.53. The second kappa shape index (κ2) is 7.82. The van der Waals surface area contributed by atoms with Crippen molar-refractivity contribution in [2.45, 2.75) is 13.8 Å². The summed E-state index contributed by atoms with van der Waals surface area (Å²) in [6.45, 7) is 4.16. The third-order valence-corrected chi connectivity index (χ3v) is 5.74. The second-order valence-electron chi connectivity index (χ2n) is 6.09. The molecule has 4 rings (SSSR count). The molecule has 0 fully saturated rings. The van der Waals surface area contributed by atoms with E-state index in [4.69, 9.17) is 10.1 Å². The van der Waals surface area contributed by atoms with Crippen molar-refractivity contribution in [3.63, 3.8) is 0 Å². The smallest absolute Gasteiger partial charge is 0.211 e. The summed E-state index contributed by atoms with van der Waals surface area (Å²) in [6, 6.07) is 16.2. The van der Waals surface area contributed by atoms with Crippen molar-refractivity contribution in [1.29, 1.82) is 0 Å². The van der Waals surface area contributed by atoms with Gasteiger partial charge in [-0.2, -0.15) is 5.10 Å². The zero-order chi connectivity index (χ0) is 18.6. The lowest BCUT2D eigenvalue weighted by Gasteiger charge is -2.03. The van der Waals surface area contributed by atoms with E-state index >= 15 is 0 Å². The molecule has 0 aliphatic carbocycles. The van der Waals surface area contributed by atoms with Crippen LogP contribution in [0.3, 0.4) is 0 Å². The topological polar surface area (TPSA) is 42.5 Å². The molecule has 3 aromatic heterocycles. The molecule has 4 aromatic rings. The van der Waals surface area contributed by atoms with Crippen LogP contribution in [-0.2, 0) is 0 Å². The highest BCUT2D eigenvalue weighted by molar-refractivity contribution is 7.14. The van der Waals surface area contributed by atoms with Gasteiger partial charge in [-0.15, -0.1) is 22.7 Å². The predicted octanol–water partition coefficient (Wildman–Crippen LogP) is 5.40. The zero-order valence-corrected chi connectivity index (χ0v) is 16.7. The fraction of sp³-hybridized carbons (Fsp3) is 0.0952. The molecular formula is C21H18N4S2. The lowest BCUT2D eigenvalue weighted by atomic mass is 10.1. The first-order chi connectivity index (χ1) is 13.2. The van der Waals surface area contributed by atoms with Crippen LogP contribution in [0.1, 0.15) is 16.8 Å². The number of benzene rings is 1. The molecule has 0 spiro atoms. The Morgan fingerprint density at radius 1 is 1.04 bits per heavy atom. The molecule has 1 aromatic carbocycles. The van der Waals surface area contributed by atoms with Crippen LogP contribution < -0.4 is 4.80 Å². The van der Waals surface area contributed by atoms with Gasteiger partial charge in [-0.1, -0.05) is 24.3 Å². The van der Waals surface area contributed by atoms with Gasteiger partial charge in [0.25, 0.3) is 0 Å².